The molecule has 0 bridgehead atoms. The number of nitrogens with one attached hydrogen (secondary N) is 1. The Morgan fingerprint density at radius 3 is 2.42 bits per heavy atom. The number of benzene rings is 3. The van der Waals surface area contributed by atoms with Gasteiger partial charge >= 0.3 is 0 Å². The number of anilines is 1. The summed E-state index contributed by atoms with van der Waals surface area (Å²) >= 11 is 12.4. The van der Waals surface area contributed by atoms with Crippen LogP contribution in [0.15, 0.2) is 71.6 Å². The van der Waals surface area contributed by atoms with Crippen LogP contribution in [0, 0.1) is 0 Å². The molecule has 0 atom stereocenters. The van der Waals surface area contributed by atoms with Gasteiger partial charge in [0.25, 0.3) is 5.91 Å². The third-order valence-corrected chi connectivity index (χ3v) is 7.41. The average molecular weight is 507 g/mol. The highest BCUT2D eigenvalue weighted by Gasteiger charge is 2.28. The van der Waals surface area contributed by atoms with Crippen LogP contribution >= 0.6 is 23.2 Å². The number of morpholine rings is 1. The maximum absolute atomic E-state index is 13.1. The highest BCUT2D eigenvalue weighted by molar-refractivity contribution is 7.89. The summed E-state index contributed by atoms with van der Waals surface area (Å²) in [6.07, 6.45) is 0. The maximum atomic E-state index is 13.1. The molecule has 3 aromatic carbocycles. The van der Waals surface area contributed by atoms with Crippen molar-refractivity contribution in [3.05, 3.63) is 82.3 Å². The van der Waals surface area contributed by atoms with Gasteiger partial charge in [0.1, 0.15) is 5.75 Å². The molecule has 172 valence electrons. The zero-order valence-corrected chi connectivity index (χ0v) is 19.7. The molecule has 4 rings (SSSR count). The van der Waals surface area contributed by atoms with E-state index >= 15 is 0 Å². The van der Waals surface area contributed by atoms with Gasteiger partial charge in [0.05, 0.1) is 34.4 Å². The fourth-order valence-corrected chi connectivity index (χ4v) is 5.08. The maximum Gasteiger partial charge on any atom is 0.257 e. The highest BCUT2D eigenvalue weighted by atomic mass is 35.5. The number of para-hydroxylation sites is 1. The van der Waals surface area contributed by atoms with Gasteiger partial charge in [-0.25, -0.2) is 8.42 Å². The minimum absolute atomic E-state index is 0.0108. The molecule has 0 aliphatic carbocycles. The second-order valence-electron chi connectivity index (χ2n) is 7.17. The fraction of sp³-hybridized carbons (Fsp3) is 0.174. The van der Waals surface area contributed by atoms with E-state index in [9.17, 15) is 13.2 Å². The van der Waals surface area contributed by atoms with Crippen molar-refractivity contribution in [2.75, 3.05) is 31.6 Å². The first-order chi connectivity index (χ1) is 15.8. The van der Waals surface area contributed by atoms with E-state index in [0.717, 1.165) is 0 Å². The molecular weight excluding hydrogens is 487 g/mol. The fourth-order valence-electron chi connectivity index (χ4n) is 3.27. The minimum atomic E-state index is -3.79. The predicted octanol–water partition coefficient (Wildman–Crippen LogP) is 5.06. The summed E-state index contributed by atoms with van der Waals surface area (Å²) in [6, 6.07) is 17.9. The Bertz CT molecular complexity index is 1260. The van der Waals surface area contributed by atoms with Gasteiger partial charge in [-0.1, -0.05) is 41.4 Å². The molecule has 1 aliphatic heterocycles. The van der Waals surface area contributed by atoms with Gasteiger partial charge in [-0.15, -0.1) is 0 Å². The van der Waals surface area contributed by atoms with Crippen molar-refractivity contribution in [2.24, 2.45) is 0 Å². The molecule has 1 saturated heterocycles. The summed E-state index contributed by atoms with van der Waals surface area (Å²) in [5, 5.41) is 3.23. The molecular formula is C23H20Cl2N2O5S. The van der Waals surface area contributed by atoms with Crippen molar-refractivity contribution < 1.29 is 22.7 Å². The standard InChI is InChI=1S/C23H20Cl2N2O5S/c24-16-6-9-22(32-17-4-2-1-3-5-17)21(14-16)26-23(28)19-15-18(7-8-20(19)25)33(29,30)27-10-12-31-13-11-27/h1-9,14-15H,10-13H2,(H,26,28). The molecule has 1 aliphatic rings. The van der Waals surface area contributed by atoms with E-state index in [1.165, 1.54) is 22.5 Å². The number of amides is 1. The Balaban J connectivity index is 1.62. The number of rotatable bonds is 6. The lowest BCUT2D eigenvalue weighted by Gasteiger charge is -2.26. The molecule has 1 fully saturated rings. The Hall–Kier alpha value is -2.62. The predicted molar refractivity (Wildman–Crippen MR) is 127 cm³/mol. The zero-order valence-electron chi connectivity index (χ0n) is 17.3. The van der Waals surface area contributed by atoms with Crippen LogP contribution in [-0.2, 0) is 14.8 Å². The van der Waals surface area contributed by atoms with Crippen molar-refractivity contribution >= 4 is 44.8 Å². The number of nitrogens with zero attached hydrogens (tertiary/aromatic N) is 1. The zero-order chi connectivity index (χ0) is 23.4. The van der Waals surface area contributed by atoms with E-state index in [-0.39, 0.29) is 28.6 Å². The molecule has 7 nitrogen and oxygen atoms in total. The van der Waals surface area contributed by atoms with Crippen LogP contribution in [0.1, 0.15) is 10.4 Å². The summed E-state index contributed by atoms with van der Waals surface area (Å²) < 4.78 is 38.4. The monoisotopic (exact) mass is 506 g/mol. The average Bonchev–Trinajstić information content (AvgIpc) is 2.82. The van der Waals surface area contributed by atoms with E-state index in [1.54, 1.807) is 30.3 Å². The lowest BCUT2D eigenvalue weighted by Crippen LogP contribution is -2.40. The normalized spacial score (nSPS) is 14.6. The van der Waals surface area contributed by atoms with Crippen molar-refractivity contribution in [3.63, 3.8) is 0 Å². The summed E-state index contributed by atoms with van der Waals surface area (Å²) in [5.74, 6) is 0.346. The number of carbonyl (C=O) groups excluding carboxylic acids is 1. The Morgan fingerprint density at radius 2 is 1.70 bits per heavy atom. The van der Waals surface area contributed by atoms with Gasteiger partial charge in [0.2, 0.25) is 10.0 Å². The van der Waals surface area contributed by atoms with E-state index in [2.05, 4.69) is 5.32 Å². The quantitative estimate of drug-likeness (QED) is 0.504. The van der Waals surface area contributed by atoms with Crippen LogP contribution in [0.5, 0.6) is 11.5 Å². The molecule has 0 unspecified atom stereocenters. The van der Waals surface area contributed by atoms with Crippen molar-refractivity contribution in [2.45, 2.75) is 4.90 Å². The minimum Gasteiger partial charge on any atom is -0.455 e. The van der Waals surface area contributed by atoms with Crippen LogP contribution < -0.4 is 10.1 Å². The van der Waals surface area contributed by atoms with E-state index < -0.39 is 15.9 Å². The largest absolute Gasteiger partial charge is 0.455 e. The van der Waals surface area contributed by atoms with Crippen molar-refractivity contribution in [1.29, 1.82) is 0 Å². The molecule has 0 radical (unpaired) electrons. The number of sulfonamides is 1. The Kier molecular flexibility index (Phi) is 7.21. The first kappa shape index (κ1) is 23.5. The van der Waals surface area contributed by atoms with Gasteiger partial charge in [-0.3, -0.25) is 4.79 Å². The lowest BCUT2D eigenvalue weighted by molar-refractivity contribution is 0.0730. The van der Waals surface area contributed by atoms with Crippen molar-refractivity contribution in [1.82, 2.24) is 4.31 Å². The molecule has 0 saturated carbocycles. The lowest BCUT2D eigenvalue weighted by atomic mass is 10.2. The van der Waals surface area contributed by atoms with Gasteiger partial charge in [-0.05, 0) is 48.5 Å². The summed E-state index contributed by atoms with van der Waals surface area (Å²) in [4.78, 5) is 13.1. The van der Waals surface area contributed by atoms with E-state index in [4.69, 9.17) is 32.7 Å². The molecule has 3 aromatic rings. The summed E-state index contributed by atoms with van der Waals surface area (Å²) in [6.45, 7) is 1.13. The number of hydrogen-bond donors (Lipinski definition) is 1. The summed E-state index contributed by atoms with van der Waals surface area (Å²) in [7, 11) is -3.79. The molecule has 10 heteroatoms. The van der Waals surface area contributed by atoms with E-state index in [1.807, 2.05) is 18.2 Å². The van der Waals surface area contributed by atoms with Gasteiger partial charge in [0, 0.05) is 18.1 Å². The molecule has 0 spiro atoms. The van der Waals surface area contributed by atoms with Crippen LogP contribution in [0.4, 0.5) is 5.69 Å². The second-order valence-corrected chi connectivity index (χ2v) is 9.95. The van der Waals surface area contributed by atoms with Crippen LogP contribution in [0.2, 0.25) is 10.0 Å². The topological polar surface area (TPSA) is 84.9 Å². The molecule has 1 N–H and O–H groups in total. The smallest absolute Gasteiger partial charge is 0.257 e. The van der Waals surface area contributed by atoms with Gasteiger partial charge in [-0.2, -0.15) is 4.31 Å². The first-order valence-corrected chi connectivity index (χ1v) is 12.3. The van der Waals surface area contributed by atoms with Crippen molar-refractivity contribution in [3.8, 4) is 11.5 Å². The third-order valence-electron chi connectivity index (χ3n) is 4.95. The molecule has 33 heavy (non-hydrogen) atoms. The highest BCUT2D eigenvalue weighted by Crippen LogP contribution is 2.33. The number of carbonyl (C=O) groups is 1. The van der Waals surface area contributed by atoms with Gasteiger partial charge < -0.3 is 14.8 Å². The van der Waals surface area contributed by atoms with Crippen LogP contribution in [0.3, 0.4) is 0 Å². The number of hydrogen-bond acceptors (Lipinski definition) is 5. The number of halogens is 2. The second kappa shape index (κ2) is 10.1. The summed E-state index contributed by atoms with van der Waals surface area (Å²) in [5.41, 5.74) is 0.325. The van der Waals surface area contributed by atoms with E-state index in [0.29, 0.717) is 35.4 Å². The van der Waals surface area contributed by atoms with Crippen LogP contribution in [0.25, 0.3) is 0 Å². The SMILES string of the molecule is O=C(Nc1cc(Cl)ccc1Oc1ccccc1)c1cc(S(=O)(=O)N2CCOCC2)ccc1Cl. The third kappa shape index (κ3) is 5.48. The Labute approximate surface area is 201 Å². The molecule has 0 aromatic heterocycles. The molecule has 1 amide bonds. The van der Waals surface area contributed by atoms with Gasteiger partial charge in [0.15, 0.2) is 5.75 Å². The Morgan fingerprint density at radius 1 is 0.970 bits per heavy atom. The first-order valence-electron chi connectivity index (χ1n) is 10.1. The van der Waals surface area contributed by atoms with Crippen LogP contribution in [-0.4, -0.2) is 44.9 Å². The molecule has 1 heterocycles. The number of ether oxygens (including phenoxy) is 2.